The molecule has 0 aromatic heterocycles. The fraction of sp³-hybridized carbons (Fsp3) is 0.538. The number of halogens is 1. The molecule has 1 aromatic rings. The lowest BCUT2D eigenvalue weighted by Gasteiger charge is -2.19. The summed E-state index contributed by atoms with van der Waals surface area (Å²) in [6.07, 6.45) is 2.50. The SMILES string of the molecule is COc1ccc(S(=O)(=O)NC2CCCC2CO)cc1Cl. The Kier molecular flexibility index (Phi) is 4.90. The molecule has 1 aromatic carbocycles. The van der Waals surface area contributed by atoms with Crippen LogP contribution < -0.4 is 9.46 Å². The molecular formula is C13H18ClNO4S. The number of sulfonamides is 1. The molecule has 0 aliphatic heterocycles. The number of aliphatic hydroxyl groups excluding tert-OH is 1. The molecule has 2 atom stereocenters. The van der Waals surface area contributed by atoms with E-state index in [0.29, 0.717) is 5.75 Å². The van der Waals surface area contributed by atoms with Crippen LogP contribution in [0.3, 0.4) is 0 Å². The minimum absolute atomic E-state index is 0.00342. The van der Waals surface area contributed by atoms with Gasteiger partial charge in [-0.15, -0.1) is 0 Å². The number of nitrogens with one attached hydrogen (secondary N) is 1. The number of hydrogen-bond acceptors (Lipinski definition) is 4. The Bertz CT molecular complexity index is 576. The predicted octanol–water partition coefficient (Wildman–Crippen LogP) is 1.79. The standard InChI is InChI=1S/C13H18ClNO4S/c1-19-13-6-5-10(7-11(13)14)20(17,18)15-12-4-2-3-9(12)8-16/h5-7,9,12,15-16H,2-4,8H2,1H3. The number of methoxy groups -OCH3 is 1. The topological polar surface area (TPSA) is 75.6 Å². The third-order valence-electron chi connectivity index (χ3n) is 3.63. The molecular weight excluding hydrogens is 302 g/mol. The first-order valence-corrected chi connectivity index (χ1v) is 8.31. The van der Waals surface area contributed by atoms with Crippen molar-refractivity contribution in [1.82, 2.24) is 4.72 Å². The lowest BCUT2D eigenvalue weighted by molar-refractivity contribution is 0.213. The van der Waals surface area contributed by atoms with Crippen molar-refractivity contribution in [3.63, 3.8) is 0 Å². The zero-order chi connectivity index (χ0) is 14.8. The molecule has 20 heavy (non-hydrogen) atoms. The highest BCUT2D eigenvalue weighted by Crippen LogP contribution is 2.29. The van der Waals surface area contributed by atoms with Crippen molar-refractivity contribution in [2.75, 3.05) is 13.7 Å². The summed E-state index contributed by atoms with van der Waals surface area (Å²) in [4.78, 5) is 0.104. The lowest BCUT2D eigenvalue weighted by Crippen LogP contribution is -2.38. The van der Waals surface area contributed by atoms with E-state index in [4.69, 9.17) is 16.3 Å². The van der Waals surface area contributed by atoms with Gasteiger partial charge in [0.2, 0.25) is 10.0 Å². The Hall–Kier alpha value is -0.820. The second-order valence-corrected chi connectivity index (χ2v) is 7.02. The molecule has 2 rings (SSSR count). The second kappa shape index (κ2) is 6.30. The van der Waals surface area contributed by atoms with E-state index >= 15 is 0 Å². The molecule has 5 nitrogen and oxygen atoms in total. The van der Waals surface area contributed by atoms with Gasteiger partial charge in [-0.3, -0.25) is 0 Å². The number of hydrogen-bond donors (Lipinski definition) is 2. The number of aliphatic hydroxyl groups is 1. The molecule has 0 saturated heterocycles. The van der Waals surface area contributed by atoms with E-state index in [2.05, 4.69) is 4.72 Å². The van der Waals surface area contributed by atoms with Crippen molar-refractivity contribution < 1.29 is 18.3 Å². The third kappa shape index (κ3) is 3.25. The van der Waals surface area contributed by atoms with Crippen LogP contribution in [0.1, 0.15) is 19.3 Å². The summed E-state index contributed by atoms with van der Waals surface area (Å²) >= 11 is 5.95. The fourth-order valence-corrected chi connectivity index (χ4v) is 4.18. The molecule has 0 radical (unpaired) electrons. The van der Waals surface area contributed by atoms with Crippen molar-refractivity contribution in [2.45, 2.75) is 30.2 Å². The molecule has 0 heterocycles. The van der Waals surface area contributed by atoms with E-state index in [1.165, 1.54) is 25.3 Å². The number of benzene rings is 1. The maximum atomic E-state index is 12.3. The first-order valence-electron chi connectivity index (χ1n) is 6.44. The molecule has 0 amide bonds. The average Bonchev–Trinajstić information content (AvgIpc) is 2.85. The van der Waals surface area contributed by atoms with E-state index in [0.717, 1.165) is 19.3 Å². The molecule has 0 bridgehead atoms. The zero-order valence-electron chi connectivity index (χ0n) is 11.2. The van der Waals surface area contributed by atoms with E-state index < -0.39 is 10.0 Å². The summed E-state index contributed by atoms with van der Waals surface area (Å²) in [5.41, 5.74) is 0. The largest absolute Gasteiger partial charge is 0.495 e. The maximum Gasteiger partial charge on any atom is 0.240 e. The van der Waals surface area contributed by atoms with E-state index in [1.807, 2.05) is 0 Å². The highest BCUT2D eigenvalue weighted by atomic mass is 35.5. The molecule has 1 fully saturated rings. The van der Waals surface area contributed by atoms with Gasteiger partial charge in [-0.1, -0.05) is 18.0 Å². The Morgan fingerprint density at radius 3 is 2.80 bits per heavy atom. The normalized spacial score (nSPS) is 22.9. The minimum atomic E-state index is -3.64. The van der Waals surface area contributed by atoms with Gasteiger partial charge in [0.25, 0.3) is 0 Å². The molecule has 1 aliphatic carbocycles. The quantitative estimate of drug-likeness (QED) is 0.867. The maximum absolute atomic E-state index is 12.3. The van der Waals surface area contributed by atoms with Crippen molar-refractivity contribution in [2.24, 2.45) is 5.92 Å². The van der Waals surface area contributed by atoms with Crippen molar-refractivity contribution in [1.29, 1.82) is 0 Å². The van der Waals surface area contributed by atoms with Gasteiger partial charge in [0.05, 0.1) is 17.0 Å². The smallest absolute Gasteiger partial charge is 0.240 e. The van der Waals surface area contributed by atoms with Gasteiger partial charge in [-0.05, 0) is 37.0 Å². The summed E-state index contributed by atoms with van der Waals surface area (Å²) in [6.45, 7) is -0.00342. The van der Waals surface area contributed by atoms with Crippen LogP contribution in [-0.2, 0) is 10.0 Å². The van der Waals surface area contributed by atoms with E-state index in [9.17, 15) is 13.5 Å². The van der Waals surface area contributed by atoms with Crippen LogP contribution in [0.5, 0.6) is 5.75 Å². The van der Waals surface area contributed by atoms with Crippen LogP contribution in [0.25, 0.3) is 0 Å². The zero-order valence-corrected chi connectivity index (χ0v) is 12.7. The summed E-state index contributed by atoms with van der Waals surface area (Å²) in [6, 6.07) is 4.13. The third-order valence-corrected chi connectivity index (χ3v) is 5.42. The van der Waals surface area contributed by atoms with Crippen molar-refractivity contribution >= 4 is 21.6 Å². The van der Waals surface area contributed by atoms with Crippen LogP contribution in [0.15, 0.2) is 23.1 Å². The van der Waals surface area contributed by atoms with Gasteiger partial charge in [0.15, 0.2) is 0 Å². The van der Waals surface area contributed by atoms with Crippen LogP contribution in [0.4, 0.5) is 0 Å². The van der Waals surface area contributed by atoms with Gasteiger partial charge < -0.3 is 9.84 Å². The van der Waals surface area contributed by atoms with Crippen LogP contribution in [0.2, 0.25) is 5.02 Å². The molecule has 1 saturated carbocycles. The first-order chi connectivity index (χ1) is 9.47. The average molecular weight is 320 g/mol. The highest BCUT2D eigenvalue weighted by Gasteiger charge is 2.30. The van der Waals surface area contributed by atoms with Gasteiger partial charge in [0, 0.05) is 12.6 Å². The molecule has 2 N–H and O–H groups in total. The van der Waals surface area contributed by atoms with Gasteiger partial charge in [-0.25, -0.2) is 13.1 Å². The fourth-order valence-electron chi connectivity index (χ4n) is 2.49. The van der Waals surface area contributed by atoms with Gasteiger partial charge in [-0.2, -0.15) is 0 Å². The predicted molar refractivity (Wildman–Crippen MR) is 76.5 cm³/mol. The van der Waals surface area contributed by atoms with Crippen molar-refractivity contribution in [3.8, 4) is 5.75 Å². The van der Waals surface area contributed by atoms with E-state index in [-0.39, 0.29) is 28.5 Å². The molecule has 7 heteroatoms. The highest BCUT2D eigenvalue weighted by molar-refractivity contribution is 7.89. The number of ether oxygens (including phenoxy) is 1. The first kappa shape index (κ1) is 15.6. The van der Waals surface area contributed by atoms with Gasteiger partial charge >= 0.3 is 0 Å². The van der Waals surface area contributed by atoms with Crippen LogP contribution >= 0.6 is 11.6 Å². The van der Waals surface area contributed by atoms with E-state index in [1.54, 1.807) is 0 Å². The Morgan fingerprint density at radius 1 is 1.45 bits per heavy atom. The molecule has 0 spiro atoms. The van der Waals surface area contributed by atoms with Crippen molar-refractivity contribution in [3.05, 3.63) is 23.2 Å². The van der Waals surface area contributed by atoms with Crippen LogP contribution in [0, 0.1) is 5.92 Å². The summed E-state index contributed by atoms with van der Waals surface area (Å²) in [7, 11) is -2.17. The summed E-state index contributed by atoms with van der Waals surface area (Å²) in [5, 5.41) is 9.49. The lowest BCUT2D eigenvalue weighted by atomic mass is 10.1. The Morgan fingerprint density at radius 2 is 2.20 bits per heavy atom. The summed E-state index contributed by atoms with van der Waals surface area (Å²) < 4.78 is 32.3. The monoisotopic (exact) mass is 319 g/mol. The number of rotatable bonds is 5. The molecule has 112 valence electrons. The van der Waals surface area contributed by atoms with Crippen LogP contribution in [-0.4, -0.2) is 33.3 Å². The Balaban J connectivity index is 2.20. The summed E-state index contributed by atoms with van der Waals surface area (Å²) in [5.74, 6) is 0.415. The molecule has 1 aliphatic rings. The minimum Gasteiger partial charge on any atom is -0.495 e. The van der Waals surface area contributed by atoms with Gasteiger partial charge in [0.1, 0.15) is 5.75 Å². The molecule has 2 unspecified atom stereocenters. The second-order valence-electron chi connectivity index (χ2n) is 4.90. The Labute approximate surface area is 124 Å².